The van der Waals surface area contributed by atoms with E-state index in [0.29, 0.717) is 51.6 Å². The molecular formula is C36H60N12O12. The molecule has 0 bridgehead atoms. The van der Waals surface area contributed by atoms with Gasteiger partial charge in [0, 0.05) is 26.2 Å². The van der Waals surface area contributed by atoms with Crippen LogP contribution in [0.1, 0.15) is 72.1 Å². The minimum atomic E-state index is -1.65. The van der Waals surface area contributed by atoms with Gasteiger partial charge in [0.1, 0.15) is 42.3 Å². The molecule has 3 heterocycles. The number of carboxylic acid groups (broad SMARTS) is 1. The largest absolute Gasteiger partial charge is 0.480 e. The number of nitrogens with zero attached hydrogens (tertiary/aromatic N) is 4. The number of carbonyl (C=O) groups is 9. The second-order valence-electron chi connectivity index (χ2n) is 15.2. The maximum Gasteiger partial charge on any atom is 0.326 e. The average Bonchev–Trinajstić information content (AvgIpc) is 4.00. The molecule has 3 rings (SSSR count). The van der Waals surface area contributed by atoms with Gasteiger partial charge >= 0.3 is 5.97 Å². The Bertz CT molecular complexity index is 1640. The number of aliphatic imine (C=N–C) groups is 1. The van der Waals surface area contributed by atoms with Gasteiger partial charge in [-0.2, -0.15) is 0 Å². The summed E-state index contributed by atoms with van der Waals surface area (Å²) < 4.78 is 0. The summed E-state index contributed by atoms with van der Waals surface area (Å²) in [6, 6.07) is -9.36. The fourth-order valence-electron chi connectivity index (χ4n) is 7.37. The first-order chi connectivity index (χ1) is 28.3. The monoisotopic (exact) mass is 852 g/mol. The van der Waals surface area contributed by atoms with E-state index in [9.17, 15) is 58.5 Å². The number of nitrogens with one attached hydrogen (secondary N) is 5. The summed E-state index contributed by atoms with van der Waals surface area (Å²) >= 11 is 0. The van der Waals surface area contributed by atoms with Crippen LogP contribution in [0.2, 0.25) is 0 Å². The van der Waals surface area contributed by atoms with Crippen molar-refractivity contribution in [2.24, 2.45) is 22.2 Å². The number of carbonyl (C=O) groups excluding carboxylic acids is 8. The summed E-state index contributed by atoms with van der Waals surface area (Å²) in [6.07, 6.45) is 1.56. The van der Waals surface area contributed by atoms with Crippen molar-refractivity contribution < 1.29 is 58.5 Å². The SMILES string of the molecule is C[C@H](NC(=O)[C@@H](NC(=O)[C@H](CO)NC(=O)CNC(=O)[C@@H]1CCCN1C(=O)[C@H](C)NC(=O)[C@@H]1CCCN1C(=O)[C@@H](N)CCCN=C(N)N)[C@@H](C)O)C(=O)N1CCC[C@H]1C(=O)O. The zero-order valence-electron chi connectivity index (χ0n) is 34.1. The average molecular weight is 853 g/mol. The quantitative estimate of drug-likeness (QED) is 0.0308. The first-order valence-corrected chi connectivity index (χ1v) is 20.0. The number of guanidine groups is 1. The molecule has 0 spiro atoms. The summed E-state index contributed by atoms with van der Waals surface area (Å²) in [4.78, 5) is 124. The Morgan fingerprint density at radius 2 is 1.23 bits per heavy atom. The van der Waals surface area contributed by atoms with Crippen LogP contribution in [-0.2, 0) is 43.2 Å². The second-order valence-corrected chi connectivity index (χ2v) is 15.2. The number of nitrogens with two attached hydrogens (primary N) is 3. The van der Waals surface area contributed by atoms with Crippen LogP contribution in [0.4, 0.5) is 0 Å². The normalized spacial score (nSPS) is 21.7. The molecule has 0 aliphatic carbocycles. The third-order valence-corrected chi connectivity index (χ3v) is 10.6. The third-order valence-electron chi connectivity index (χ3n) is 10.6. The molecule has 3 aliphatic rings. The van der Waals surface area contributed by atoms with E-state index < -0.39 is 121 Å². The number of aliphatic carboxylic acids is 1. The number of carboxylic acids is 1. The number of rotatable bonds is 20. The molecule has 3 saturated heterocycles. The van der Waals surface area contributed by atoms with Crippen molar-refractivity contribution in [3.8, 4) is 0 Å². The van der Waals surface area contributed by atoms with Crippen molar-refractivity contribution >= 4 is 59.2 Å². The zero-order valence-corrected chi connectivity index (χ0v) is 34.1. The van der Waals surface area contributed by atoms with Gasteiger partial charge in [-0.05, 0) is 72.1 Å². The number of amides is 8. The number of likely N-dealkylation sites (tertiary alicyclic amines) is 3. The molecule has 0 saturated carbocycles. The van der Waals surface area contributed by atoms with Crippen LogP contribution in [0, 0.1) is 0 Å². The first-order valence-electron chi connectivity index (χ1n) is 20.0. The van der Waals surface area contributed by atoms with Crippen molar-refractivity contribution in [3.05, 3.63) is 0 Å². The lowest BCUT2D eigenvalue weighted by molar-refractivity contribution is -0.149. The van der Waals surface area contributed by atoms with Gasteiger partial charge in [-0.25, -0.2) is 4.79 Å². The molecule has 336 valence electrons. The van der Waals surface area contributed by atoms with Crippen molar-refractivity contribution in [3.63, 3.8) is 0 Å². The van der Waals surface area contributed by atoms with Crippen LogP contribution in [0.3, 0.4) is 0 Å². The van der Waals surface area contributed by atoms with Crippen molar-refractivity contribution in [2.75, 3.05) is 39.3 Å². The molecule has 3 fully saturated rings. The summed E-state index contributed by atoms with van der Waals surface area (Å²) in [7, 11) is 0. The van der Waals surface area contributed by atoms with Gasteiger partial charge in [0.25, 0.3) is 0 Å². The number of aliphatic hydroxyl groups excluding tert-OH is 2. The van der Waals surface area contributed by atoms with E-state index in [1.54, 1.807) is 0 Å². The minimum absolute atomic E-state index is 0.0763. The molecule has 60 heavy (non-hydrogen) atoms. The van der Waals surface area contributed by atoms with Crippen molar-refractivity contribution in [2.45, 2.75) is 127 Å². The van der Waals surface area contributed by atoms with E-state index in [2.05, 4.69) is 31.6 Å². The lowest BCUT2D eigenvalue weighted by Crippen LogP contribution is -2.60. The lowest BCUT2D eigenvalue weighted by atomic mass is 10.1. The number of hydrogen-bond acceptors (Lipinski definition) is 13. The number of hydrogen-bond donors (Lipinski definition) is 11. The summed E-state index contributed by atoms with van der Waals surface area (Å²) in [5, 5.41) is 41.3. The molecule has 24 nitrogen and oxygen atoms in total. The minimum Gasteiger partial charge on any atom is -0.480 e. The van der Waals surface area contributed by atoms with Crippen LogP contribution in [0.25, 0.3) is 0 Å². The van der Waals surface area contributed by atoms with Crippen LogP contribution in [0.15, 0.2) is 4.99 Å². The predicted molar refractivity (Wildman–Crippen MR) is 211 cm³/mol. The Kier molecular flexibility index (Phi) is 18.4. The Labute approximate surface area is 346 Å². The van der Waals surface area contributed by atoms with Crippen molar-refractivity contribution in [1.82, 2.24) is 41.3 Å². The molecule has 0 aromatic rings. The van der Waals surface area contributed by atoms with Gasteiger partial charge in [-0.15, -0.1) is 0 Å². The highest BCUT2D eigenvalue weighted by Crippen LogP contribution is 2.22. The summed E-state index contributed by atoms with van der Waals surface area (Å²) in [5.41, 5.74) is 16.7. The molecule has 3 aliphatic heterocycles. The molecule has 0 radical (unpaired) electrons. The third kappa shape index (κ3) is 13.2. The molecule has 24 heteroatoms. The fraction of sp³-hybridized carbons (Fsp3) is 0.722. The van der Waals surface area contributed by atoms with Crippen LogP contribution >= 0.6 is 0 Å². The fourth-order valence-corrected chi connectivity index (χ4v) is 7.37. The maximum atomic E-state index is 13.5. The van der Waals surface area contributed by atoms with E-state index in [1.165, 1.54) is 30.6 Å². The predicted octanol–water partition coefficient (Wildman–Crippen LogP) is -6.11. The van der Waals surface area contributed by atoms with Gasteiger partial charge in [-0.1, -0.05) is 0 Å². The maximum absolute atomic E-state index is 13.5. The Morgan fingerprint density at radius 3 is 1.77 bits per heavy atom. The van der Waals surface area contributed by atoms with E-state index in [0.717, 1.165) is 4.90 Å². The summed E-state index contributed by atoms with van der Waals surface area (Å²) in [6.45, 7) is 3.29. The van der Waals surface area contributed by atoms with Gasteiger partial charge < -0.3 is 73.8 Å². The van der Waals surface area contributed by atoms with Gasteiger partial charge in [0.15, 0.2) is 5.96 Å². The molecule has 8 amide bonds. The van der Waals surface area contributed by atoms with Gasteiger partial charge in [-0.3, -0.25) is 43.3 Å². The smallest absolute Gasteiger partial charge is 0.326 e. The highest BCUT2D eigenvalue weighted by Gasteiger charge is 2.41. The molecule has 9 atom stereocenters. The van der Waals surface area contributed by atoms with E-state index >= 15 is 0 Å². The lowest BCUT2D eigenvalue weighted by Gasteiger charge is -2.30. The topological polar surface area (TPSA) is 375 Å². The zero-order chi connectivity index (χ0) is 44.8. The number of aliphatic hydroxyl groups is 2. The molecule has 0 aromatic carbocycles. The highest BCUT2D eigenvalue weighted by molar-refractivity contribution is 5.97. The Balaban J connectivity index is 1.50. The van der Waals surface area contributed by atoms with Crippen LogP contribution in [-0.4, -0.2) is 183 Å². The standard InChI is InChI=1S/C36H60N12O12/c1-18(42-30(54)24-10-6-14-47(24)34(58)21(37)8-4-12-40-36(38)39)32(56)46-13-5-9-23(46)29(53)41-16-26(51)44-22(17-49)28(52)45-27(20(3)50)31(55)43-19(2)33(57)48-15-7-11-25(48)35(59)60/h18-25,27,49-50H,4-17,37H2,1-3H3,(H,41,53)(H,42,54)(H,43,55)(H,44,51)(H,45,52)(H,59,60)(H4,38,39,40)/t18-,19-,20+,21-,22-,23-,24-,25-,27-/m0/s1. The highest BCUT2D eigenvalue weighted by atomic mass is 16.4. The molecular weight excluding hydrogens is 792 g/mol. The summed E-state index contributed by atoms with van der Waals surface area (Å²) in [5.74, 6) is -7.15. The second kappa shape index (κ2) is 22.7. The first kappa shape index (κ1) is 48.7. The van der Waals surface area contributed by atoms with E-state index in [1.807, 2.05) is 0 Å². The Hall–Kier alpha value is -5.62. The van der Waals surface area contributed by atoms with Gasteiger partial charge in [0.2, 0.25) is 47.3 Å². The Morgan fingerprint density at radius 1 is 0.717 bits per heavy atom. The van der Waals surface area contributed by atoms with E-state index in [4.69, 9.17) is 17.2 Å². The molecule has 0 aromatic heterocycles. The van der Waals surface area contributed by atoms with Gasteiger partial charge in [0.05, 0.1) is 25.3 Å². The van der Waals surface area contributed by atoms with Crippen molar-refractivity contribution in [1.29, 1.82) is 0 Å². The molecule has 0 unspecified atom stereocenters. The van der Waals surface area contributed by atoms with E-state index in [-0.39, 0.29) is 31.9 Å². The van der Waals surface area contributed by atoms with Crippen LogP contribution in [0.5, 0.6) is 0 Å². The van der Waals surface area contributed by atoms with Crippen LogP contribution < -0.4 is 43.8 Å². The molecule has 14 N–H and O–H groups in total.